The van der Waals surface area contributed by atoms with Crippen LogP contribution in [0.25, 0.3) is 0 Å². The van der Waals surface area contributed by atoms with E-state index in [-0.39, 0.29) is 12.3 Å². The van der Waals surface area contributed by atoms with Crippen LogP contribution in [0.4, 0.5) is 0 Å². The number of sulfonamides is 1. The minimum absolute atomic E-state index is 0.217. The first-order valence-electron chi connectivity index (χ1n) is 3.68. The van der Waals surface area contributed by atoms with Crippen molar-refractivity contribution in [3.05, 3.63) is 0 Å². The van der Waals surface area contributed by atoms with Crippen LogP contribution in [-0.4, -0.2) is 56.1 Å². The molecule has 0 bridgehead atoms. The van der Waals surface area contributed by atoms with Crippen molar-refractivity contribution in [1.29, 1.82) is 0 Å². The van der Waals surface area contributed by atoms with Crippen molar-refractivity contribution in [3.63, 3.8) is 0 Å². The van der Waals surface area contributed by atoms with Crippen molar-refractivity contribution in [2.24, 2.45) is 0 Å². The number of carbonyl (C=O) groups excluding carboxylic acids is 1. The van der Waals surface area contributed by atoms with Gasteiger partial charge in [-0.2, -0.15) is 0 Å². The van der Waals surface area contributed by atoms with E-state index in [2.05, 4.69) is 0 Å². The van der Waals surface area contributed by atoms with Crippen LogP contribution in [0.3, 0.4) is 0 Å². The Morgan fingerprint density at radius 2 is 1.86 bits per heavy atom. The number of nitrogens with zero attached hydrogens (tertiary/aromatic N) is 1. The second kappa shape index (κ2) is 4.91. The van der Waals surface area contributed by atoms with Gasteiger partial charge in [0.25, 0.3) is 0 Å². The van der Waals surface area contributed by atoms with Crippen LogP contribution in [0.5, 0.6) is 0 Å². The van der Waals surface area contributed by atoms with E-state index in [0.29, 0.717) is 0 Å². The number of carbonyl (C=O) groups is 2. The van der Waals surface area contributed by atoms with Crippen molar-refractivity contribution in [3.8, 4) is 0 Å². The Kier molecular flexibility index (Phi) is 4.51. The highest BCUT2D eigenvalue weighted by atomic mass is 32.2. The van der Waals surface area contributed by atoms with E-state index in [1.54, 1.807) is 0 Å². The van der Waals surface area contributed by atoms with Gasteiger partial charge >= 0.3 is 11.9 Å². The molecule has 0 fully saturated rings. The number of hydrogen-bond donors (Lipinski definition) is 2. The summed E-state index contributed by atoms with van der Waals surface area (Å²) in [4.78, 5) is 20.5. The quantitative estimate of drug-likeness (QED) is 0.542. The molecule has 0 spiro atoms. The van der Waals surface area contributed by atoms with Crippen LogP contribution in [0.15, 0.2) is 0 Å². The van der Waals surface area contributed by atoms with E-state index < -0.39 is 21.9 Å². The molecule has 82 valence electrons. The third-order valence-corrected chi connectivity index (χ3v) is 3.23. The monoisotopic (exact) mass is 224 g/mol. The van der Waals surface area contributed by atoms with Gasteiger partial charge < -0.3 is 10.4 Å². The zero-order valence-electron chi connectivity index (χ0n) is 7.85. The molecule has 0 aromatic rings. The first-order chi connectivity index (χ1) is 6.27. The number of carboxylic acid groups (broad SMARTS) is 1. The number of carboxylic acids is 1. The van der Waals surface area contributed by atoms with E-state index in [9.17, 15) is 18.0 Å². The normalized spacial score (nSPS) is 11.4. The SMILES string of the molecule is CN(C)S(=O)(=O)CCNC(=O)C(=O)O. The Labute approximate surface area is 81.8 Å². The minimum Gasteiger partial charge on any atom is -0.474 e. The molecule has 0 unspecified atom stereocenters. The summed E-state index contributed by atoms with van der Waals surface area (Å²) in [6.45, 7) is -0.217. The number of amides is 1. The summed E-state index contributed by atoms with van der Waals surface area (Å²) < 4.78 is 23.2. The molecular weight excluding hydrogens is 212 g/mol. The molecule has 7 nitrogen and oxygen atoms in total. The van der Waals surface area contributed by atoms with E-state index in [4.69, 9.17) is 5.11 Å². The molecular formula is C6H12N2O5S. The van der Waals surface area contributed by atoms with Crippen molar-refractivity contribution in [1.82, 2.24) is 9.62 Å². The predicted octanol–water partition coefficient (Wildman–Crippen LogP) is -1.92. The molecule has 1 amide bonds. The van der Waals surface area contributed by atoms with Crippen LogP contribution in [0, 0.1) is 0 Å². The maximum atomic E-state index is 11.1. The zero-order chi connectivity index (χ0) is 11.4. The lowest BCUT2D eigenvalue weighted by Gasteiger charge is -2.10. The molecule has 0 rings (SSSR count). The van der Waals surface area contributed by atoms with Gasteiger partial charge in [0, 0.05) is 20.6 Å². The largest absolute Gasteiger partial charge is 0.474 e. The third kappa shape index (κ3) is 4.19. The van der Waals surface area contributed by atoms with Gasteiger partial charge in [0.15, 0.2) is 0 Å². The van der Waals surface area contributed by atoms with Gasteiger partial charge in [-0.3, -0.25) is 4.79 Å². The predicted molar refractivity (Wildman–Crippen MR) is 48.1 cm³/mol. The highest BCUT2D eigenvalue weighted by molar-refractivity contribution is 7.89. The molecule has 2 N–H and O–H groups in total. The van der Waals surface area contributed by atoms with Crippen LogP contribution in [0.1, 0.15) is 0 Å². The third-order valence-electron chi connectivity index (χ3n) is 1.40. The average Bonchev–Trinajstić information content (AvgIpc) is 2.03. The fraction of sp³-hybridized carbons (Fsp3) is 0.667. The summed E-state index contributed by atoms with van der Waals surface area (Å²) in [5, 5.41) is 10.1. The van der Waals surface area contributed by atoms with Crippen LogP contribution >= 0.6 is 0 Å². The zero-order valence-corrected chi connectivity index (χ0v) is 8.67. The second-order valence-corrected chi connectivity index (χ2v) is 4.96. The molecule has 0 saturated carbocycles. The van der Waals surface area contributed by atoms with Crippen molar-refractivity contribution < 1.29 is 23.1 Å². The fourth-order valence-electron chi connectivity index (χ4n) is 0.552. The number of hydrogen-bond acceptors (Lipinski definition) is 4. The molecule has 0 aromatic carbocycles. The molecule has 0 aromatic heterocycles. The Balaban J connectivity index is 3.99. The summed E-state index contributed by atoms with van der Waals surface area (Å²) in [6.07, 6.45) is 0. The molecule has 14 heavy (non-hydrogen) atoms. The van der Waals surface area contributed by atoms with Crippen molar-refractivity contribution in [2.45, 2.75) is 0 Å². The number of rotatable bonds is 4. The van der Waals surface area contributed by atoms with Crippen molar-refractivity contribution in [2.75, 3.05) is 26.4 Å². The van der Waals surface area contributed by atoms with E-state index >= 15 is 0 Å². The van der Waals surface area contributed by atoms with E-state index in [1.165, 1.54) is 14.1 Å². The maximum absolute atomic E-state index is 11.1. The fourth-order valence-corrected chi connectivity index (χ4v) is 1.28. The smallest absolute Gasteiger partial charge is 0.394 e. The topological polar surface area (TPSA) is 104 Å². The molecule has 8 heteroatoms. The molecule has 0 heterocycles. The van der Waals surface area contributed by atoms with Crippen LogP contribution in [0.2, 0.25) is 0 Å². The number of nitrogens with one attached hydrogen (secondary N) is 1. The van der Waals surface area contributed by atoms with Crippen LogP contribution < -0.4 is 5.32 Å². The van der Waals surface area contributed by atoms with Gasteiger partial charge in [0.05, 0.1) is 5.75 Å². The lowest BCUT2D eigenvalue weighted by Crippen LogP contribution is -2.36. The first-order valence-corrected chi connectivity index (χ1v) is 5.29. The maximum Gasteiger partial charge on any atom is 0.394 e. The Hall–Kier alpha value is -1.15. The minimum atomic E-state index is -3.39. The molecule has 0 aliphatic heterocycles. The van der Waals surface area contributed by atoms with Gasteiger partial charge in [-0.25, -0.2) is 17.5 Å². The number of aliphatic carboxylic acids is 1. The summed E-state index contributed by atoms with van der Waals surface area (Å²) in [5.41, 5.74) is 0. The average molecular weight is 224 g/mol. The van der Waals surface area contributed by atoms with E-state index in [0.717, 1.165) is 4.31 Å². The molecule has 0 aliphatic rings. The van der Waals surface area contributed by atoms with E-state index in [1.807, 2.05) is 5.32 Å². The second-order valence-electron chi connectivity index (χ2n) is 2.66. The lowest BCUT2D eigenvalue weighted by molar-refractivity contribution is -0.150. The Morgan fingerprint density at radius 3 is 2.21 bits per heavy atom. The van der Waals surface area contributed by atoms with Gasteiger partial charge in [-0.1, -0.05) is 0 Å². The highest BCUT2D eigenvalue weighted by Crippen LogP contribution is 1.91. The Morgan fingerprint density at radius 1 is 1.36 bits per heavy atom. The molecule has 0 atom stereocenters. The summed E-state index contributed by atoms with van der Waals surface area (Å²) in [5.74, 6) is -3.16. The lowest BCUT2D eigenvalue weighted by atomic mass is 10.6. The first kappa shape index (κ1) is 12.8. The van der Waals surface area contributed by atoms with Gasteiger partial charge in [0.2, 0.25) is 10.0 Å². The molecule has 0 aliphatic carbocycles. The summed E-state index contributed by atoms with van der Waals surface area (Å²) in [7, 11) is -0.683. The van der Waals surface area contributed by atoms with Gasteiger partial charge in [0.1, 0.15) is 0 Å². The summed E-state index contributed by atoms with van der Waals surface area (Å²) >= 11 is 0. The molecule has 0 saturated heterocycles. The Bertz CT molecular complexity index is 321. The van der Waals surface area contributed by atoms with Gasteiger partial charge in [-0.05, 0) is 0 Å². The summed E-state index contributed by atoms with van der Waals surface area (Å²) in [6, 6.07) is 0. The molecule has 0 radical (unpaired) electrons. The van der Waals surface area contributed by atoms with Crippen molar-refractivity contribution >= 4 is 21.9 Å². The standard InChI is InChI=1S/C6H12N2O5S/c1-8(2)14(12,13)4-3-7-5(9)6(10)11/h3-4H2,1-2H3,(H,7,9)(H,10,11). The van der Waals surface area contributed by atoms with Crippen LogP contribution in [-0.2, 0) is 19.6 Å². The highest BCUT2D eigenvalue weighted by Gasteiger charge is 2.15. The van der Waals surface area contributed by atoms with Gasteiger partial charge in [-0.15, -0.1) is 0 Å².